The fraction of sp³-hybridized carbons (Fsp3) is 0.263. The van der Waals surface area contributed by atoms with Crippen molar-refractivity contribution in [2.24, 2.45) is 5.92 Å². The van der Waals surface area contributed by atoms with Gasteiger partial charge in [-0.2, -0.15) is 0 Å². The molecular formula is C38H42IrN2Si-2. The van der Waals surface area contributed by atoms with E-state index >= 15 is 0 Å². The van der Waals surface area contributed by atoms with Gasteiger partial charge in [-0.05, 0) is 46.1 Å². The summed E-state index contributed by atoms with van der Waals surface area (Å²) in [7, 11) is -1.34. The molecule has 219 valence electrons. The van der Waals surface area contributed by atoms with Gasteiger partial charge in [0.25, 0.3) is 0 Å². The molecule has 0 N–H and O–H groups in total. The summed E-state index contributed by atoms with van der Waals surface area (Å²) in [5, 5.41) is 1.49. The van der Waals surface area contributed by atoms with Crippen LogP contribution in [-0.2, 0) is 31.9 Å². The summed E-state index contributed by atoms with van der Waals surface area (Å²) >= 11 is 0. The number of aromatic nitrogens is 2. The van der Waals surface area contributed by atoms with Gasteiger partial charge in [0.2, 0.25) is 0 Å². The molecule has 2 heterocycles. The van der Waals surface area contributed by atoms with Gasteiger partial charge in [0.1, 0.15) is 0 Å². The van der Waals surface area contributed by atoms with E-state index in [1.165, 1.54) is 21.9 Å². The van der Waals surface area contributed by atoms with Gasteiger partial charge >= 0.3 is 0 Å². The summed E-state index contributed by atoms with van der Waals surface area (Å²) in [6.45, 7) is 16.2. The first-order valence-electron chi connectivity index (χ1n) is 14.5. The Balaban J connectivity index is 0.000000225. The van der Waals surface area contributed by atoms with Crippen molar-refractivity contribution in [3.63, 3.8) is 0 Å². The largest absolute Gasteiger partial charge is 0.305 e. The molecule has 0 aliphatic carbocycles. The number of rotatable bonds is 7. The van der Waals surface area contributed by atoms with Crippen LogP contribution in [0.2, 0.25) is 19.6 Å². The maximum Gasteiger partial charge on any atom is 0.0798 e. The molecule has 0 unspecified atom stereocenters. The van der Waals surface area contributed by atoms with E-state index in [9.17, 15) is 0 Å². The second-order valence-corrected chi connectivity index (χ2v) is 17.6. The Labute approximate surface area is 268 Å². The van der Waals surface area contributed by atoms with Crippen LogP contribution >= 0.6 is 0 Å². The van der Waals surface area contributed by atoms with E-state index < -0.39 is 8.07 Å². The SMILES string of the molecule is CC(C)(c1ccccc1)c1ccnc(-c2[c-]cccc2)c1.CC(C)Cc1cc(-c2[c-]cccc2)ncc1[Si](C)(C)C.[Ir]. The standard InChI is InChI=1S/C20H18N.C18H24NSi.Ir/c1-20(2,17-11-7-4-8-12-17)18-13-14-21-19(15-18)16-9-5-3-6-10-16;1-14(2)11-16-12-17(15-9-7-6-8-10-15)19-13-18(16)20(3,4)5;/h3-9,11-15H,1-2H3;6-9,12-14H,11H2,1-5H3;/q2*-1;. The molecule has 0 fully saturated rings. The minimum atomic E-state index is -1.34. The summed E-state index contributed by atoms with van der Waals surface area (Å²) in [4.78, 5) is 9.17. The van der Waals surface area contributed by atoms with Crippen LogP contribution < -0.4 is 5.19 Å². The summed E-state index contributed by atoms with van der Waals surface area (Å²) in [5.74, 6) is 0.667. The van der Waals surface area contributed by atoms with Crippen molar-refractivity contribution < 1.29 is 20.1 Å². The molecule has 5 rings (SSSR count). The molecule has 3 aromatic carbocycles. The molecule has 0 saturated carbocycles. The summed E-state index contributed by atoms with van der Waals surface area (Å²) < 4.78 is 0. The van der Waals surface area contributed by atoms with Crippen LogP contribution in [0.1, 0.15) is 44.4 Å². The van der Waals surface area contributed by atoms with E-state index in [-0.39, 0.29) is 25.5 Å². The van der Waals surface area contributed by atoms with E-state index in [2.05, 4.69) is 130 Å². The number of hydrogen-bond acceptors (Lipinski definition) is 2. The minimum Gasteiger partial charge on any atom is -0.305 e. The zero-order valence-corrected chi connectivity index (χ0v) is 29.3. The Bertz CT molecular complexity index is 1530. The fourth-order valence-electron chi connectivity index (χ4n) is 5.02. The van der Waals surface area contributed by atoms with E-state index in [1.807, 2.05) is 48.7 Å². The average Bonchev–Trinajstić information content (AvgIpc) is 2.98. The zero-order valence-electron chi connectivity index (χ0n) is 25.9. The molecule has 42 heavy (non-hydrogen) atoms. The maximum atomic E-state index is 4.69. The van der Waals surface area contributed by atoms with Gasteiger partial charge in [0, 0.05) is 37.9 Å². The number of hydrogen-bond donors (Lipinski definition) is 0. The smallest absolute Gasteiger partial charge is 0.0798 e. The first-order chi connectivity index (χ1) is 19.6. The topological polar surface area (TPSA) is 25.8 Å². The second kappa shape index (κ2) is 14.8. The predicted molar refractivity (Wildman–Crippen MR) is 177 cm³/mol. The van der Waals surface area contributed by atoms with E-state index in [0.717, 1.165) is 28.9 Å². The van der Waals surface area contributed by atoms with Crippen LogP contribution in [0.3, 0.4) is 0 Å². The van der Waals surface area contributed by atoms with Crippen LogP contribution in [0.15, 0.2) is 109 Å². The van der Waals surface area contributed by atoms with Gasteiger partial charge < -0.3 is 9.97 Å². The predicted octanol–water partition coefficient (Wildman–Crippen LogP) is 9.16. The number of pyridine rings is 2. The molecule has 5 aromatic rings. The molecule has 0 amide bonds. The molecule has 0 atom stereocenters. The Morgan fingerprint density at radius 2 is 1.29 bits per heavy atom. The van der Waals surface area contributed by atoms with Crippen molar-refractivity contribution in [3.05, 3.63) is 138 Å². The molecule has 2 nitrogen and oxygen atoms in total. The Morgan fingerprint density at radius 3 is 1.81 bits per heavy atom. The first-order valence-corrected chi connectivity index (χ1v) is 18.0. The average molecular weight is 747 g/mol. The summed E-state index contributed by atoms with van der Waals surface area (Å²) in [6, 6.07) is 39.7. The van der Waals surface area contributed by atoms with Crippen molar-refractivity contribution in [2.75, 3.05) is 0 Å². The molecule has 1 radical (unpaired) electrons. The Hall–Kier alpha value is -3.17. The minimum absolute atomic E-state index is 0. The van der Waals surface area contributed by atoms with Crippen LogP contribution in [0.25, 0.3) is 22.5 Å². The quantitative estimate of drug-likeness (QED) is 0.123. The van der Waals surface area contributed by atoms with Gasteiger partial charge in [0.05, 0.1) is 8.07 Å². The fourth-order valence-corrected chi connectivity index (χ4v) is 6.61. The third-order valence-corrected chi connectivity index (χ3v) is 9.44. The molecule has 0 spiro atoms. The van der Waals surface area contributed by atoms with E-state index in [4.69, 9.17) is 0 Å². The Morgan fingerprint density at radius 1 is 0.714 bits per heavy atom. The van der Waals surface area contributed by atoms with Crippen molar-refractivity contribution in [2.45, 2.75) is 59.2 Å². The molecular weight excluding hydrogens is 705 g/mol. The normalized spacial score (nSPS) is 11.3. The van der Waals surface area contributed by atoms with Gasteiger partial charge in [-0.1, -0.05) is 95.4 Å². The molecule has 0 aliphatic rings. The van der Waals surface area contributed by atoms with Crippen LogP contribution in [0, 0.1) is 18.1 Å². The maximum absolute atomic E-state index is 4.69. The third kappa shape index (κ3) is 8.67. The monoisotopic (exact) mass is 747 g/mol. The molecule has 0 aliphatic heterocycles. The molecule has 2 aromatic heterocycles. The third-order valence-electron chi connectivity index (χ3n) is 7.37. The van der Waals surface area contributed by atoms with Crippen molar-refractivity contribution in [3.8, 4) is 22.5 Å². The summed E-state index contributed by atoms with van der Waals surface area (Å²) in [6.07, 6.45) is 5.12. The van der Waals surface area contributed by atoms with E-state index in [0.29, 0.717) is 5.92 Å². The molecule has 0 bridgehead atoms. The second-order valence-electron chi connectivity index (χ2n) is 12.5. The van der Waals surface area contributed by atoms with Gasteiger partial charge in [-0.3, -0.25) is 0 Å². The molecule has 4 heteroatoms. The first kappa shape index (κ1) is 33.3. The van der Waals surface area contributed by atoms with Crippen LogP contribution in [0.5, 0.6) is 0 Å². The van der Waals surface area contributed by atoms with Gasteiger partial charge in [-0.25, -0.2) is 0 Å². The molecule has 0 saturated heterocycles. The summed E-state index contributed by atoms with van der Waals surface area (Å²) in [5.41, 5.74) is 8.12. The van der Waals surface area contributed by atoms with Crippen molar-refractivity contribution in [1.82, 2.24) is 9.97 Å². The van der Waals surface area contributed by atoms with Gasteiger partial charge in [0.15, 0.2) is 0 Å². The van der Waals surface area contributed by atoms with Crippen LogP contribution in [0.4, 0.5) is 0 Å². The van der Waals surface area contributed by atoms with Gasteiger partial charge in [-0.15, -0.1) is 71.8 Å². The zero-order chi connectivity index (χ0) is 29.5. The van der Waals surface area contributed by atoms with Crippen molar-refractivity contribution in [1.29, 1.82) is 0 Å². The number of benzene rings is 3. The number of nitrogens with zero attached hydrogens (tertiary/aromatic N) is 2. The van der Waals surface area contributed by atoms with Crippen molar-refractivity contribution >= 4 is 13.3 Å². The Kier molecular flexibility index (Phi) is 11.8. The van der Waals surface area contributed by atoms with E-state index in [1.54, 1.807) is 0 Å². The van der Waals surface area contributed by atoms with Crippen LogP contribution in [-0.4, -0.2) is 18.0 Å².